The van der Waals surface area contributed by atoms with Crippen molar-refractivity contribution in [3.8, 4) is 10.6 Å². The lowest BCUT2D eigenvalue weighted by Crippen LogP contribution is -2.00. The molecule has 5 heteroatoms. The van der Waals surface area contributed by atoms with E-state index in [0.29, 0.717) is 6.61 Å². The summed E-state index contributed by atoms with van der Waals surface area (Å²) in [6, 6.07) is 12.4. The largest absolute Gasteiger partial charge is 0.381 e. The van der Waals surface area contributed by atoms with E-state index < -0.39 is 0 Å². The first kappa shape index (κ1) is 13.9. The van der Waals surface area contributed by atoms with Crippen LogP contribution in [-0.2, 0) is 17.9 Å². The number of anilines is 1. The number of methoxy groups -OCH3 is 1. The maximum absolute atomic E-state index is 5.16. The van der Waals surface area contributed by atoms with Crippen LogP contribution in [0.2, 0.25) is 0 Å². The molecule has 0 aliphatic carbocycles. The van der Waals surface area contributed by atoms with Crippen molar-refractivity contribution in [2.24, 2.45) is 0 Å². The van der Waals surface area contributed by atoms with Crippen LogP contribution in [0.25, 0.3) is 10.6 Å². The summed E-state index contributed by atoms with van der Waals surface area (Å²) in [6.07, 6.45) is 1.88. The highest BCUT2D eigenvalue weighted by Crippen LogP contribution is 2.26. The third-order valence-corrected chi connectivity index (χ3v) is 4.09. The van der Waals surface area contributed by atoms with Gasteiger partial charge in [-0.25, -0.2) is 0 Å². The highest BCUT2D eigenvalue weighted by Gasteiger charge is 2.08. The van der Waals surface area contributed by atoms with E-state index in [1.165, 1.54) is 4.88 Å². The standard InChI is InChI=1S/C16H17N3OS/c1-20-11-12-4-2-5-14(8-12)17-9-13-10-18-19-16(13)15-6-3-7-21-15/h2-8,10,17H,9,11H2,1H3,(H,18,19). The number of nitrogens with zero attached hydrogens (tertiary/aromatic N) is 1. The van der Waals surface area contributed by atoms with Crippen LogP contribution in [0.5, 0.6) is 0 Å². The van der Waals surface area contributed by atoms with Gasteiger partial charge in [0.15, 0.2) is 0 Å². The second kappa shape index (κ2) is 6.56. The molecule has 21 heavy (non-hydrogen) atoms. The van der Waals surface area contributed by atoms with Crippen molar-refractivity contribution in [3.63, 3.8) is 0 Å². The van der Waals surface area contributed by atoms with Gasteiger partial charge < -0.3 is 10.1 Å². The minimum atomic E-state index is 0.627. The highest BCUT2D eigenvalue weighted by molar-refractivity contribution is 7.13. The van der Waals surface area contributed by atoms with Crippen LogP contribution in [0.15, 0.2) is 48.0 Å². The van der Waals surface area contributed by atoms with Crippen LogP contribution in [0.1, 0.15) is 11.1 Å². The van der Waals surface area contributed by atoms with Gasteiger partial charge in [0.2, 0.25) is 0 Å². The van der Waals surface area contributed by atoms with E-state index in [0.717, 1.165) is 29.1 Å². The summed E-state index contributed by atoms with van der Waals surface area (Å²) in [5, 5.41) is 12.7. The molecule has 0 saturated heterocycles. The van der Waals surface area contributed by atoms with Crippen LogP contribution in [0.3, 0.4) is 0 Å². The number of thiophene rings is 1. The molecule has 1 aromatic carbocycles. The summed E-state index contributed by atoms with van der Waals surface area (Å²) >= 11 is 1.71. The summed E-state index contributed by atoms with van der Waals surface area (Å²) in [6.45, 7) is 1.36. The second-order valence-electron chi connectivity index (χ2n) is 4.73. The van der Waals surface area contributed by atoms with Gasteiger partial charge in [0.1, 0.15) is 0 Å². The van der Waals surface area contributed by atoms with Gasteiger partial charge in [0, 0.05) is 24.9 Å². The maximum Gasteiger partial charge on any atom is 0.0799 e. The summed E-state index contributed by atoms with van der Waals surface area (Å²) < 4.78 is 5.16. The molecule has 0 spiro atoms. The molecule has 0 radical (unpaired) electrons. The fourth-order valence-electron chi connectivity index (χ4n) is 2.21. The Balaban J connectivity index is 1.71. The smallest absolute Gasteiger partial charge is 0.0799 e. The van der Waals surface area contributed by atoms with Crippen molar-refractivity contribution in [2.75, 3.05) is 12.4 Å². The molecule has 2 heterocycles. The zero-order chi connectivity index (χ0) is 14.5. The Labute approximate surface area is 127 Å². The van der Waals surface area contributed by atoms with Crippen LogP contribution < -0.4 is 5.32 Å². The number of benzene rings is 1. The molecule has 3 aromatic rings. The number of aromatic amines is 1. The van der Waals surface area contributed by atoms with Gasteiger partial charge in [0.25, 0.3) is 0 Å². The van der Waals surface area contributed by atoms with Gasteiger partial charge in [-0.1, -0.05) is 18.2 Å². The molecule has 0 atom stereocenters. The molecular formula is C16H17N3OS. The van der Waals surface area contributed by atoms with Gasteiger partial charge in [-0.2, -0.15) is 5.10 Å². The fourth-order valence-corrected chi connectivity index (χ4v) is 2.97. The minimum Gasteiger partial charge on any atom is -0.381 e. The summed E-state index contributed by atoms with van der Waals surface area (Å²) in [5.41, 5.74) is 4.50. The Morgan fingerprint density at radius 1 is 1.29 bits per heavy atom. The quantitative estimate of drug-likeness (QED) is 0.726. The molecule has 0 aliphatic rings. The first-order valence-corrected chi connectivity index (χ1v) is 7.62. The van der Waals surface area contributed by atoms with Gasteiger partial charge >= 0.3 is 0 Å². The Hall–Kier alpha value is -2.11. The molecule has 0 amide bonds. The normalized spacial score (nSPS) is 10.7. The van der Waals surface area contributed by atoms with Crippen molar-refractivity contribution in [2.45, 2.75) is 13.2 Å². The zero-order valence-corrected chi connectivity index (χ0v) is 12.6. The Bertz CT molecular complexity index is 691. The molecule has 0 unspecified atom stereocenters. The van der Waals surface area contributed by atoms with Crippen LogP contribution in [0, 0.1) is 0 Å². The third kappa shape index (κ3) is 3.32. The maximum atomic E-state index is 5.16. The van der Waals surface area contributed by atoms with Crippen LogP contribution in [-0.4, -0.2) is 17.3 Å². The van der Waals surface area contributed by atoms with Crippen LogP contribution in [0.4, 0.5) is 5.69 Å². The predicted octanol–water partition coefficient (Wildman–Crippen LogP) is 3.90. The van der Waals surface area contributed by atoms with Gasteiger partial charge in [-0.15, -0.1) is 11.3 Å². The van der Waals surface area contributed by atoms with E-state index in [2.05, 4.69) is 45.2 Å². The predicted molar refractivity (Wildman–Crippen MR) is 86.4 cm³/mol. The Morgan fingerprint density at radius 3 is 3.05 bits per heavy atom. The van der Waals surface area contributed by atoms with Gasteiger partial charge in [-0.05, 0) is 29.1 Å². The van der Waals surface area contributed by atoms with E-state index in [1.54, 1.807) is 18.4 Å². The van der Waals surface area contributed by atoms with Crippen molar-refractivity contribution < 1.29 is 4.74 Å². The van der Waals surface area contributed by atoms with Crippen LogP contribution >= 0.6 is 11.3 Å². The summed E-state index contributed by atoms with van der Waals surface area (Å²) in [4.78, 5) is 1.21. The number of hydrogen-bond donors (Lipinski definition) is 2. The number of hydrogen-bond acceptors (Lipinski definition) is 4. The molecule has 4 nitrogen and oxygen atoms in total. The molecule has 0 saturated carbocycles. The number of aromatic nitrogens is 2. The monoisotopic (exact) mass is 299 g/mol. The van der Waals surface area contributed by atoms with Gasteiger partial charge in [-0.3, -0.25) is 5.10 Å². The minimum absolute atomic E-state index is 0.627. The van der Waals surface area contributed by atoms with Gasteiger partial charge in [0.05, 0.1) is 23.4 Å². The molecule has 2 aromatic heterocycles. The lowest BCUT2D eigenvalue weighted by molar-refractivity contribution is 0.185. The Morgan fingerprint density at radius 2 is 2.24 bits per heavy atom. The molecule has 108 valence electrons. The summed E-state index contributed by atoms with van der Waals surface area (Å²) in [5.74, 6) is 0. The van der Waals surface area contributed by atoms with E-state index in [1.807, 2.05) is 18.3 Å². The van der Waals surface area contributed by atoms with E-state index in [9.17, 15) is 0 Å². The number of H-pyrrole nitrogens is 1. The first-order valence-electron chi connectivity index (χ1n) is 6.74. The lowest BCUT2D eigenvalue weighted by atomic mass is 10.2. The van der Waals surface area contributed by atoms with E-state index in [4.69, 9.17) is 4.74 Å². The van der Waals surface area contributed by atoms with Crippen molar-refractivity contribution in [3.05, 3.63) is 59.1 Å². The zero-order valence-electron chi connectivity index (χ0n) is 11.8. The Kier molecular flexibility index (Phi) is 4.33. The highest BCUT2D eigenvalue weighted by atomic mass is 32.1. The molecular weight excluding hydrogens is 282 g/mol. The van der Waals surface area contributed by atoms with E-state index >= 15 is 0 Å². The average molecular weight is 299 g/mol. The van der Waals surface area contributed by atoms with Crippen molar-refractivity contribution >= 4 is 17.0 Å². The number of ether oxygens (including phenoxy) is 1. The summed E-state index contributed by atoms with van der Waals surface area (Å²) in [7, 11) is 1.71. The average Bonchev–Trinajstić information content (AvgIpc) is 3.17. The molecule has 0 fully saturated rings. The van der Waals surface area contributed by atoms with Crippen molar-refractivity contribution in [1.82, 2.24) is 10.2 Å². The first-order chi connectivity index (χ1) is 10.4. The SMILES string of the molecule is COCc1cccc(NCc2cn[nH]c2-c2cccs2)c1. The van der Waals surface area contributed by atoms with Crippen molar-refractivity contribution in [1.29, 1.82) is 0 Å². The fraction of sp³-hybridized carbons (Fsp3) is 0.188. The number of rotatable bonds is 6. The second-order valence-corrected chi connectivity index (χ2v) is 5.68. The molecule has 3 rings (SSSR count). The topological polar surface area (TPSA) is 49.9 Å². The lowest BCUT2D eigenvalue weighted by Gasteiger charge is -2.08. The molecule has 0 bridgehead atoms. The molecule has 0 aliphatic heterocycles. The third-order valence-electron chi connectivity index (χ3n) is 3.21. The number of nitrogens with one attached hydrogen (secondary N) is 2. The molecule has 2 N–H and O–H groups in total. The van der Waals surface area contributed by atoms with E-state index in [-0.39, 0.29) is 0 Å².